The van der Waals surface area contributed by atoms with Gasteiger partial charge in [-0.1, -0.05) is 12.1 Å². The first-order valence-electron chi connectivity index (χ1n) is 6.88. The Labute approximate surface area is 117 Å². The number of hydrogen-bond donors (Lipinski definition) is 2. The SMILES string of the molecule is NC1CCC(C(=O)Nc2ccccc2-n2ccnc2)C1. The van der Waals surface area contributed by atoms with E-state index in [0.29, 0.717) is 0 Å². The molecule has 0 bridgehead atoms. The average Bonchev–Trinajstić information content (AvgIpc) is 3.10. The highest BCUT2D eigenvalue weighted by Crippen LogP contribution is 2.27. The normalized spacial score (nSPS) is 21.9. The Hall–Kier alpha value is -2.14. The number of rotatable bonds is 3. The van der Waals surface area contributed by atoms with Crippen LogP contribution in [-0.2, 0) is 4.79 Å². The summed E-state index contributed by atoms with van der Waals surface area (Å²) in [5.74, 6) is 0.0892. The third-order valence-electron chi connectivity index (χ3n) is 3.79. The quantitative estimate of drug-likeness (QED) is 0.895. The Bertz CT molecular complexity index is 594. The van der Waals surface area contributed by atoms with Crippen molar-refractivity contribution in [1.82, 2.24) is 9.55 Å². The second-order valence-corrected chi connectivity index (χ2v) is 5.25. The van der Waals surface area contributed by atoms with Gasteiger partial charge < -0.3 is 15.6 Å². The van der Waals surface area contributed by atoms with Crippen molar-refractivity contribution in [1.29, 1.82) is 0 Å². The van der Waals surface area contributed by atoms with E-state index in [0.717, 1.165) is 30.6 Å². The lowest BCUT2D eigenvalue weighted by Crippen LogP contribution is -2.23. The fourth-order valence-corrected chi connectivity index (χ4v) is 2.70. The Morgan fingerprint density at radius 2 is 2.20 bits per heavy atom. The van der Waals surface area contributed by atoms with Crippen LogP contribution >= 0.6 is 0 Å². The van der Waals surface area contributed by atoms with Gasteiger partial charge in [-0.3, -0.25) is 4.79 Å². The molecular formula is C15H18N4O. The fraction of sp³-hybridized carbons (Fsp3) is 0.333. The van der Waals surface area contributed by atoms with Gasteiger partial charge in [0.05, 0.1) is 17.7 Å². The fourth-order valence-electron chi connectivity index (χ4n) is 2.70. The first-order valence-corrected chi connectivity index (χ1v) is 6.88. The lowest BCUT2D eigenvalue weighted by atomic mass is 10.1. The van der Waals surface area contributed by atoms with E-state index in [1.54, 1.807) is 12.5 Å². The van der Waals surface area contributed by atoms with E-state index in [9.17, 15) is 4.79 Å². The standard InChI is InChI=1S/C15H18N4O/c16-12-6-5-11(9-12)15(20)18-13-3-1-2-4-14(13)19-8-7-17-10-19/h1-4,7-8,10-12H,5-6,9,16H2,(H,18,20). The molecule has 0 radical (unpaired) electrons. The van der Waals surface area contributed by atoms with Crippen LogP contribution < -0.4 is 11.1 Å². The highest BCUT2D eigenvalue weighted by atomic mass is 16.1. The molecular weight excluding hydrogens is 252 g/mol. The van der Waals surface area contributed by atoms with Crippen molar-refractivity contribution < 1.29 is 4.79 Å². The van der Waals surface area contributed by atoms with Crippen LogP contribution in [0, 0.1) is 5.92 Å². The van der Waals surface area contributed by atoms with Gasteiger partial charge in [0.1, 0.15) is 0 Å². The Morgan fingerprint density at radius 3 is 2.90 bits per heavy atom. The Morgan fingerprint density at radius 1 is 1.35 bits per heavy atom. The zero-order valence-electron chi connectivity index (χ0n) is 11.2. The first-order chi connectivity index (χ1) is 9.74. The van der Waals surface area contributed by atoms with Gasteiger partial charge in [-0.25, -0.2) is 4.98 Å². The Kier molecular flexibility index (Phi) is 3.52. The highest BCUT2D eigenvalue weighted by Gasteiger charge is 2.28. The van der Waals surface area contributed by atoms with Crippen LogP contribution in [0.3, 0.4) is 0 Å². The lowest BCUT2D eigenvalue weighted by molar-refractivity contribution is -0.119. The summed E-state index contributed by atoms with van der Waals surface area (Å²) in [5, 5.41) is 3.02. The van der Waals surface area contributed by atoms with Crippen molar-refractivity contribution in [3.8, 4) is 5.69 Å². The minimum absolute atomic E-state index is 0.0286. The van der Waals surface area contributed by atoms with E-state index >= 15 is 0 Å². The highest BCUT2D eigenvalue weighted by molar-refractivity contribution is 5.94. The summed E-state index contributed by atoms with van der Waals surface area (Å²) >= 11 is 0. The molecule has 2 aromatic rings. The zero-order valence-corrected chi connectivity index (χ0v) is 11.2. The van der Waals surface area contributed by atoms with Crippen molar-refractivity contribution in [3.63, 3.8) is 0 Å². The summed E-state index contributed by atoms with van der Waals surface area (Å²) in [7, 11) is 0. The number of aromatic nitrogens is 2. The van der Waals surface area contributed by atoms with Gasteiger partial charge in [0.15, 0.2) is 0 Å². The molecule has 1 amide bonds. The summed E-state index contributed by atoms with van der Waals surface area (Å²) in [6, 6.07) is 7.88. The molecule has 20 heavy (non-hydrogen) atoms. The molecule has 0 spiro atoms. The number of imidazole rings is 1. The molecule has 1 aliphatic rings. The van der Waals surface area contributed by atoms with Gasteiger partial charge in [-0.05, 0) is 31.4 Å². The van der Waals surface area contributed by atoms with Crippen LogP contribution in [0.2, 0.25) is 0 Å². The van der Waals surface area contributed by atoms with E-state index in [1.807, 2.05) is 35.0 Å². The van der Waals surface area contributed by atoms with Crippen LogP contribution in [0.5, 0.6) is 0 Å². The molecule has 1 heterocycles. The monoisotopic (exact) mass is 270 g/mol. The van der Waals surface area contributed by atoms with E-state index in [1.165, 1.54) is 0 Å². The summed E-state index contributed by atoms with van der Waals surface area (Å²) in [5.41, 5.74) is 7.59. The number of nitrogens with two attached hydrogens (primary N) is 1. The number of amides is 1. The Balaban J connectivity index is 1.79. The third kappa shape index (κ3) is 2.58. The largest absolute Gasteiger partial charge is 0.328 e. The molecule has 0 saturated heterocycles. The van der Waals surface area contributed by atoms with Crippen LogP contribution in [0.15, 0.2) is 43.0 Å². The smallest absolute Gasteiger partial charge is 0.227 e. The van der Waals surface area contributed by atoms with Gasteiger partial charge in [0.2, 0.25) is 5.91 Å². The molecule has 1 aliphatic carbocycles. The van der Waals surface area contributed by atoms with E-state index in [2.05, 4.69) is 10.3 Å². The molecule has 3 N–H and O–H groups in total. The molecule has 1 fully saturated rings. The van der Waals surface area contributed by atoms with Crippen LogP contribution in [0.1, 0.15) is 19.3 Å². The van der Waals surface area contributed by atoms with E-state index in [-0.39, 0.29) is 17.9 Å². The number of nitrogens with zero attached hydrogens (tertiary/aromatic N) is 2. The molecule has 2 unspecified atom stereocenters. The van der Waals surface area contributed by atoms with Crippen molar-refractivity contribution in [2.75, 3.05) is 5.32 Å². The molecule has 5 nitrogen and oxygen atoms in total. The average molecular weight is 270 g/mol. The molecule has 1 saturated carbocycles. The third-order valence-corrected chi connectivity index (χ3v) is 3.79. The number of carbonyl (C=O) groups is 1. The number of nitrogens with one attached hydrogen (secondary N) is 1. The molecule has 1 aromatic carbocycles. The second-order valence-electron chi connectivity index (χ2n) is 5.25. The molecule has 0 aliphatic heterocycles. The molecule has 2 atom stereocenters. The van der Waals surface area contributed by atoms with Gasteiger partial charge in [-0.2, -0.15) is 0 Å². The molecule has 3 rings (SSSR count). The topological polar surface area (TPSA) is 72.9 Å². The predicted octanol–water partition coefficient (Wildman–Crippen LogP) is 1.94. The van der Waals surface area contributed by atoms with Gasteiger partial charge in [-0.15, -0.1) is 0 Å². The summed E-state index contributed by atoms with van der Waals surface area (Å²) in [4.78, 5) is 16.3. The van der Waals surface area contributed by atoms with Crippen LogP contribution in [-0.4, -0.2) is 21.5 Å². The predicted molar refractivity (Wildman–Crippen MR) is 77.5 cm³/mol. The van der Waals surface area contributed by atoms with Crippen LogP contribution in [0.25, 0.3) is 5.69 Å². The minimum atomic E-state index is 0.0286. The van der Waals surface area contributed by atoms with Gasteiger partial charge in [0.25, 0.3) is 0 Å². The summed E-state index contributed by atoms with van der Waals surface area (Å²) < 4.78 is 1.88. The maximum Gasteiger partial charge on any atom is 0.227 e. The number of benzene rings is 1. The molecule has 1 aromatic heterocycles. The number of hydrogen-bond acceptors (Lipinski definition) is 3. The van der Waals surface area contributed by atoms with Gasteiger partial charge in [0, 0.05) is 24.4 Å². The van der Waals surface area contributed by atoms with Crippen molar-refractivity contribution in [3.05, 3.63) is 43.0 Å². The number of anilines is 1. The van der Waals surface area contributed by atoms with Crippen molar-refractivity contribution in [2.24, 2.45) is 11.7 Å². The van der Waals surface area contributed by atoms with Crippen molar-refractivity contribution >= 4 is 11.6 Å². The lowest BCUT2D eigenvalue weighted by Gasteiger charge is -2.14. The van der Waals surface area contributed by atoms with Crippen molar-refractivity contribution in [2.45, 2.75) is 25.3 Å². The van der Waals surface area contributed by atoms with E-state index in [4.69, 9.17) is 5.73 Å². The second kappa shape index (κ2) is 5.46. The van der Waals surface area contributed by atoms with E-state index < -0.39 is 0 Å². The minimum Gasteiger partial charge on any atom is -0.328 e. The van der Waals surface area contributed by atoms with Gasteiger partial charge >= 0.3 is 0 Å². The molecule has 104 valence electrons. The number of para-hydroxylation sites is 2. The zero-order chi connectivity index (χ0) is 13.9. The maximum absolute atomic E-state index is 12.3. The molecule has 5 heteroatoms. The first kappa shape index (κ1) is 12.9. The summed E-state index contributed by atoms with van der Waals surface area (Å²) in [6.45, 7) is 0. The maximum atomic E-state index is 12.3. The summed E-state index contributed by atoms with van der Waals surface area (Å²) in [6.07, 6.45) is 7.88. The number of carbonyl (C=O) groups excluding carboxylic acids is 1. The van der Waals surface area contributed by atoms with Crippen LogP contribution in [0.4, 0.5) is 5.69 Å².